The molecule has 0 fully saturated rings. The number of fused-ring (bicyclic) bond motifs is 2. The maximum Gasteiger partial charge on any atom is -0.0512 e. The molecule has 4 rings (SSSR count). The summed E-state index contributed by atoms with van der Waals surface area (Å²) < 4.78 is 1.89. The van der Waals surface area contributed by atoms with Crippen LogP contribution in [0, 0.1) is 13.8 Å². The minimum absolute atomic E-state index is 0.812. The van der Waals surface area contributed by atoms with Crippen LogP contribution >= 0.6 is 17.0 Å². The van der Waals surface area contributed by atoms with Gasteiger partial charge in [0.1, 0.15) is 0 Å². The molecule has 2 aliphatic rings. The van der Waals surface area contributed by atoms with Crippen LogP contribution in [0.25, 0.3) is 0 Å². The SMILES string of the molecule is C[CH]=[Zr]([Cl])[Cl].Cc1cc2c([cH-]1)CCCC2C.Cc1cc2c([cH-]1)CCCC2C. The zero-order valence-corrected chi connectivity index (χ0v) is 21.5. The van der Waals surface area contributed by atoms with E-state index in [1.54, 1.807) is 22.3 Å². The van der Waals surface area contributed by atoms with Gasteiger partial charge in [-0.05, 0) is 0 Å². The van der Waals surface area contributed by atoms with Gasteiger partial charge < -0.3 is 0 Å². The van der Waals surface area contributed by atoms with Crippen LogP contribution in [0.5, 0.6) is 0 Å². The van der Waals surface area contributed by atoms with Crippen LogP contribution in [0.1, 0.15) is 91.7 Å². The molecule has 2 aromatic carbocycles. The molecule has 0 aliphatic heterocycles. The fraction of sp³-hybridized carbons (Fsp3) is 0.542. The van der Waals surface area contributed by atoms with Crippen molar-refractivity contribution in [2.24, 2.45) is 0 Å². The number of aryl methyl sites for hydroxylation is 4. The fourth-order valence-electron chi connectivity index (χ4n) is 4.33. The zero-order valence-electron chi connectivity index (χ0n) is 17.5. The van der Waals surface area contributed by atoms with E-state index < -0.39 is 18.9 Å². The van der Waals surface area contributed by atoms with Crippen LogP contribution in [-0.2, 0) is 31.7 Å². The molecule has 0 saturated carbocycles. The Hall–Kier alpha value is 0.0331. The Morgan fingerprint density at radius 1 is 0.889 bits per heavy atom. The third-order valence-electron chi connectivity index (χ3n) is 5.76. The van der Waals surface area contributed by atoms with Gasteiger partial charge in [0.05, 0.1) is 0 Å². The monoisotopic (exact) mass is 482 g/mol. The molecule has 0 nitrogen and oxygen atoms in total. The Bertz CT molecular complexity index is 690. The Morgan fingerprint density at radius 2 is 1.26 bits per heavy atom. The summed E-state index contributed by atoms with van der Waals surface area (Å²) >= 11 is -1.76. The summed E-state index contributed by atoms with van der Waals surface area (Å²) in [5.41, 5.74) is 9.36. The van der Waals surface area contributed by atoms with Crippen LogP contribution in [0.4, 0.5) is 0 Å². The zero-order chi connectivity index (χ0) is 20.0. The van der Waals surface area contributed by atoms with E-state index in [9.17, 15) is 0 Å². The van der Waals surface area contributed by atoms with Gasteiger partial charge in [0.2, 0.25) is 0 Å². The number of halogens is 2. The molecule has 2 atom stereocenters. The smallest absolute Gasteiger partial charge is 0.0512 e. The predicted octanol–water partition coefficient (Wildman–Crippen LogP) is 8.04. The number of hydrogen-bond acceptors (Lipinski definition) is 0. The summed E-state index contributed by atoms with van der Waals surface area (Å²) in [6.07, 6.45) is 8.17. The summed E-state index contributed by atoms with van der Waals surface area (Å²) in [6, 6.07) is 9.42. The first-order valence-corrected chi connectivity index (χ1v) is 18.1. The molecule has 0 aromatic heterocycles. The molecule has 2 aromatic rings. The maximum atomic E-state index is 5.37. The average Bonchev–Trinajstić information content (AvgIpc) is 3.19. The molecule has 0 amide bonds. The molecule has 0 heterocycles. The van der Waals surface area contributed by atoms with Crippen LogP contribution < -0.4 is 0 Å². The van der Waals surface area contributed by atoms with Crippen molar-refractivity contribution in [1.29, 1.82) is 0 Å². The minimum Gasteiger partial charge on any atom is -0.207 e. The summed E-state index contributed by atoms with van der Waals surface area (Å²) in [5, 5.41) is 0. The molecule has 0 N–H and O–H groups in total. The first-order valence-electron chi connectivity index (χ1n) is 10.3. The Balaban J connectivity index is 0.000000157. The second kappa shape index (κ2) is 11.3. The Kier molecular flexibility index (Phi) is 9.74. The van der Waals surface area contributed by atoms with Gasteiger partial charge in [-0.1, -0.05) is 78.1 Å². The van der Waals surface area contributed by atoms with E-state index in [0.29, 0.717) is 0 Å². The Labute approximate surface area is 181 Å². The average molecular weight is 485 g/mol. The van der Waals surface area contributed by atoms with Crippen molar-refractivity contribution in [2.45, 2.75) is 85.0 Å². The van der Waals surface area contributed by atoms with Crippen molar-refractivity contribution in [3.05, 3.63) is 57.6 Å². The van der Waals surface area contributed by atoms with Gasteiger partial charge >= 0.3 is 46.5 Å². The molecule has 2 unspecified atom stereocenters. The topological polar surface area (TPSA) is 0 Å². The van der Waals surface area contributed by atoms with Crippen molar-refractivity contribution in [1.82, 2.24) is 0 Å². The standard InChI is InChI=1S/2C11H15.C2H4.2ClH.Zr/c2*1-8-6-10-5-3-4-9(2)11(10)7-8;1-2;;;/h2*6-7,9H,3-5H2,1-2H3;1H,2H3;2*1H;/q2*-1;;;;+2/p-2. The van der Waals surface area contributed by atoms with Gasteiger partial charge in [-0.15, -0.1) is 0 Å². The van der Waals surface area contributed by atoms with Gasteiger partial charge in [-0.25, -0.2) is 12.1 Å². The molecular formula is C24H34Cl2Zr-2. The molecular weight excluding hydrogens is 450 g/mol. The second-order valence-electron chi connectivity index (χ2n) is 8.19. The fourth-order valence-corrected chi connectivity index (χ4v) is 4.33. The first kappa shape index (κ1) is 23.3. The van der Waals surface area contributed by atoms with Gasteiger partial charge in [-0.3, -0.25) is 0 Å². The summed E-state index contributed by atoms with van der Waals surface area (Å²) in [7, 11) is 10.7. The van der Waals surface area contributed by atoms with Crippen LogP contribution in [0.2, 0.25) is 0 Å². The van der Waals surface area contributed by atoms with E-state index in [4.69, 9.17) is 17.0 Å². The summed E-state index contributed by atoms with van der Waals surface area (Å²) in [6.45, 7) is 11.0. The predicted molar refractivity (Wildman–Crippen MR) is 120 cm³/mol. The van der Waals surface area contributed by atoms with Crippen molar-refractivity contribution in [3.63, 3.8) is 0 Å². The minimum atomic E-state index is -1.76. The Morgan fingerprint density at radius 3 is 1.56 bits per heavy atom. The van der Waals surface area contributed by atoms with Gasteiger partial charge in [0, 0.05) is 0 Å². The molecule has 0 saturated heterocycles. The molecule has 3 heteroatoms. The molecule has 150 valence electrons. The van der Waals surface area contributed by atoms with Crippen LogP contribution in [0.3, 0.4) is 0 Å². The summed E-state index contributed by atoms with van der Waals surface area (Å²) in [4.78, 5) is 0. The number of rotatable bonds is 0. The third kappa shape index (κ3) is 7.10. The van der Waals surface area contributed by atoms with Crippen LogP contribution in [-0.4, -0.2) is 3.71 Å². The molecule has 0 radical (unpaired) electrons. The molecule has 0 spiro atoms. The van der Waals surface area contributed by atoms with Crippen molar-refractivity contribution in [2.75, 3.05) is 0 Å². The van der Waals surface area contributed by atoms with Crippen LogP contribution in [0.15, 0.2) is 24.3 Å². The molecule has 2 aliphatic carbocycles. The second-order valence-corrected chi connectivity index (χ2v) is 17.0. The first-order chi connectivity index (χ1) is 12.8. The summed E-state index contributed by atoms with van der Waals surface area (Å²) in [5.74, 6) is 1.62. The van der Waals surface area contributed by atoms with E-state index in [1.807, 2.05) is 10.6 Å². The van der Waals surface area contributed by atoms with Gasteiger partial charge in [0.15, 0.2) is 0 Å². The van der Waals surface area contributed by atoms with E-state index in [2.05, 4.69) is 52.0 Å². The largest absolute Gasteiger partial charge is 0.207 e. The van der Waals surface area contributed by atoms with E-state index >= 15 is 0 Å². The normalized spacial score (nSPS) is 20.3. The van der Waals surface area contributed by atoms with Gasteiger partial charge in [-0.2, -0.15) is 45.5 Å². The van der Waals surface area contributed by atoms with Crippen molar-refractivity contribution >= 4 is 20.7 Å². The molecule has 27 heavy (non-hydrogen) atoms. The number of hydrogen-bond donors (Lipinski definition) is 0. The third-order valence-corrected chi connectivity index (χ3v) is 9.41. The van der Waals surface area contributed by atoms with E-state index in [1.165, 1.54) is 49.7 Å². The quantitative estimate of drug-likeness (QED) is 0.332. The van der Waals surface area contributed by atoms with Crippen molar-refractivity contribution in [3.8, 4) is 0 Å². The maximum absolute atomic E-state index is 5.37. The van der Waals surface area contributed by atoms with Gasteiger partial charge in [0.25, 0.3) is 0 Å². The van der Waals surface area contributed by atoms with E-state index in [0.717, 1.165) is 11.8 Å². The van der Waals surface area contributed by atoms with Crippen molar-refractivity contribution < 1.29 is 18.9 Å². The van der Waals surface area contributed by atoms with E-state index in [-0.39, 0.29) is 0 Å². The molecule has 0 bridgehead atoms.